The van der Waals surface area contributed by atoms with E-state index in [9.17, 15) is 18.0 Å². The molecule has 0 aromatic heterocycles. The Hall–Kier alpha value is -2.71. The number of amides is 2. The van der Waals surface area contributed by atoms with Gasteiger partial charge in [-0.25, -0.2) is 13.6 Å². The number of hydrogen-bond acceptors (Lipinski definition) is 4. The van der Waals surface area contributed by atoms with Crippen LogP contribution >= 0.6 is 0 Å². The van der Waals surface area contributed by atoms with E-state index in [1.54, 1.807) is 36.4 Å². The largest absolute Gasteiger partial charge is 0.352 e. The lowest BCUT2D eigenvalue weighted by molar-refractivity contribution is 0.0940. The summed E-state index contributed by atoms with van der Waals surface area (Å²) in [5.41, 5.74) is 1.89. The fraction of sp³-hybridized carbons (Fsp3) is 0.263. The number of nitrogens with one attached hydrogen (secondary N) is 2. The molecule has 0 saturated heterocycles. The molecule has 27 heavy (non-hydrogen) atoms. The number of nitrogens with two attached hydrogens (primary N) is 1. The second-order valence-electron chi connectivity index (χ2n) is 6.52. The Labute approximate surface area is 158 Å². The molecule has 0 heterocycles. The molecule has 0 spiro atoms. The lowest BCUT2D eigenvalue weighted by Crippen LogP contribution is -2.27. The molecule has 0 unspecified atom stereocenters. The number of carbonyl (C=O) groups excluding carboxylic acids is 2. The molecule has 7 nitrogen and oxygen atoms in total. The van der Waals surface area contributed by atoms with E-state index in [-0.39, 0.29) is 16.7 Å². The summed E-state index contributed by atoms with van der Waals surface area (Å²) < 4.78 is 22.4. The Balaban J connectivity index is 1.49. The van der Waals surface area contributed by atoms with Gasteiger partial charge in [0.15, 0.2) is 0 Å². The fourth-order valence-corrected chi connectivity index (χ4v) is 3.05. The van der Waals surface area contributed by atoms with E-state index in [2.05, 4.69) is 10.6 Å². The normalized spacial score (nSPS) is 13.8. The van der Waals surface area contributed by atoms with Crippen LogP contribution in [-0.2, 0) is 16.4 Å². The van der Waals surface area contributed by atoms with Crippen LogP contribution in [0.3, 0.4) is 0 Å². The highest BCUT2D eigenvalue weighted by Gasteiger charge is 2.23. The summed E-state index contributed by atoms with van der Waals surface area (Å²) in [4.78, 5) is 24.2. The van der Waals surface area contributed by atoms with Gasteiger partial charge < -0.3 is 10.6 Å². The zero-order chi connectivity index (χ0) is 19.4. The van der Waals surface area contributed by atoms with E-state index in [0.717, 1.165) is 18.4 Å². The van der Waals surface area contributed by atoms with Crippen molar-refractivity contribution in [2.45, 2.75) is 30.2 Å². The molecule has 2 aromatic carbocycles. The van der Waals surface area contributed by atoms with Gasteiger partial charge in [-0.3, -0.25) is 9.59 Å². The van der Waals surface area contributed by atoms with Crippen LogP contribution in [0.15, 0.2) is 53.4 Å². The van der Waals surface area contributed by atoms with E-state index < -0.39 is 10.0 Å². The summed E-state index contributed by atoms with van der Waals surface area (Å²) >= 11 is 0. The minimum atomic E-state index is -3.70. The van der Waals surface area contributed by atoms with Crippen molar-refractivity contribution in [1.29, 1.82) is 0 Å². The third-order valence-electron chi connectivity index (χ3n) is 4.27. The molecule has 2 aromatic rings. The topological polar surface area (TPSA) is 118 Å². The minimum Gasteiger partial charge on any atom is -0.352 e. The Bertz CT molecular complexity index is 934. The summed E-state index contributed by atoms with van der Waals surface area (Å²) in [6.45, 7) is 0.400. The van der Waals surface area contributed by atoms with Crippen LogP contribution in [0.1, 0.15) is 39.1 Å². The van der Waals surface area contributed by atoms with Gasteiger partial charge in [0.2, 0.25) is 10.0 Å². The second kappa shape index (κ2) is 7.89. The van der Waals surface area contributed by atoms with Gasteiger partial charge in [-0.1, -0.05) is 12.1 Å². The maximum absolute atomic E-state index is 12.2. The van der Waals surface area contributed by atoms with E-state index in [1.807, 2.05) is 0 Å². The smallest absolute Gasteiger partial charge is 0.251 e. The maximum atomic E-state index is 12.2. The molecular weight excluding hydrogens is 366 g/mol. The number of rotatable bonds is 7. The van der Waals surface area contributed by atoms with Gasteiger partial charge in [0.1, 0.15) is 0 Å². The van der Waals surface area contributed by atoms with E-state index in [1.165, 1.54) is 12.1 Å². The zero-order valence-electron chi connectivity index (χ0n) is 14.6. The van der Waals surface area contributed by atoms with Crippen LogP contribution in [0.2, 0.25) is 0 Å². The van der Waals surface area contributed by atoms with Crippen LogP contribution in [0, 0.1) is 0 Å². The lowest BCUT2D eigenvalue weighted by Gasteiger charge is -2.07. The van der Waals surface area contributed by atoms with E-state index >= 15 is 0 Å². The van der Waals surface area contributed by atoms with Crippen molar-refractivity contribution in [1.82, 2.24) is 10.6 Å². The maximum Gasteiger partial charge on any atom is 0.251 e. The summed E-state index contributed by atoms with van der Waals surface area (Å²) in [5.74, 6) is -0.349. The number of hydrogen-bond donors (Lipinski definition) is 3. The average Bonchev–Trinajstić information content (AvgIpc) is 3.45. The number of primary sulfonamides is 1. The molecule has 0 bridgehead atoms. The van der Waals surface area contributed by atoms with Crippen LogP contribution in [0.4, 0.5) is 0 Å². The number of carbonyl (C=O) groups is 2. The molecule has 0 atom stereocenters. The Kier molecular flexibility index (Phi) is 5.57. The van der Waals surface area contributed by atoms with Crippen LogP contribution in [0.5, 0.6) is 0 Å². The van der Waals surface area contributed by atoms with Crippen molar-refractivity contribution in [3.05, 3.63) is 65.2 Å². The molecule has 1 fully saturated rings. The van der Waals surface area contributed by atoms with Gasteiger partial charge in [-0.2, -0.15) is 0 Å². The summed E-state index contributed by atoms with van der Waals surface area (Å²) in [6, 6.07) is 13.0. The van der Waals surface area contributed by atoms with Gasteiger partial charge in [0, 0.05) is 23.7 Å². The minimum absolute atomic E-state index is 0.0566. The molecule has 1 aliphatic rings. The highest BCUT2D eigenvalue weighted by Crippen LogP contribution is 2.19. The second-order valence-corrected chi connectivity index (χ2v) is 8.08. The van der Waals surface area contributed by atoms with Crippen LogP contribution < -0.4 is 15.8 Å². The van der Waals surface area contributed by atoms with Gasteiger partial charge in [0.25, 0.3) is 11.8 Å². The van der Waals surface area contributed by atoms with Crippen molar-refractivity contribution in [2.24, 2.45) is 5.14 Å². The van der Waals surface area contributed by atoms with E-state index in [0.29, 0.717) is 30.1 Å². The first-order valence-electron chi connectivity index (χ1n) is 8.64. The van der Waals surface area contributed by atoms with Crippen molar-refractivity contribution in [3.8, 4) is 0 Å². The quantitative estimate of drug-likeness (QED) is 0.661. The molecule has 4 N–H and O–H groups in total. The molecular formula is C19H21N3O4S. The summed E-state index contributed by atoms with van der Waals surface area (Å²) in [6.07, 6.45) is 2.60. The zero-order valence-corrected chi connectivity index (χ0v) is 15.5. The Morgan fingerprint density at radius 2 is 1.48 bits per heavy atom. The monoisotopic (exact) mass is 387 g/mol. The average molecular weight is 387 g/mol. The summed E-state index contributed by atoms with van der Waals surface area (Å²) in [5, 5.41) is 10.8. The van der Waals surface area contributed by atoms with Gasteiger partial charge in [-0.15, -0.1) is 0 Å². The molecule has 2 amide bonds. The molecule has 1 saturated carbocycles. The van der Waals surface area contributed by atoms with Crippen LogP contribution in [-0.4, -0.2) is 32.8 Å². The molecule has 0 radical (unpaired) electrons. The molecule has 3 rings (SSSR count). The highest BCUT2D eigenvalue weighted by molar-refractivity contribution is 7.89. The van der Waals surface area contributed by atoms with Crippen molar-refractivity contribution in [2.75, 3.05) is 6.54 Å². The molecule has 142 valence electrons. The highest BCUT2D eigenvalue weighted by atomic mass is 32.2. The molecule has 1 aliphatic carbocycles. The SMILES string of the molecule is NS(=O)(=O)c1ccc(CCNC(=O)c2ccc(C(=O)NC3CC3)cc2)cc1. The predicted octanol–water partition coefficient (Wildman–Crippen LogP) is 1.20. The Morgan fingerprint density at radius 3 is 2.00 bits per heavy atom. The fourth-order valence-electron chi connectivity index (χ4n) is 2.54. The first-order chi connectivity index (χ1) is 12.8. The summed E-state index contributed by atoms with van der Waals surface area (Å²) in [7, 11) is -3.70. The van der Waals surface area contributed by atoms with Gasteiger partial charge in [-0.05, 0) is 61.2 Å². The first-order valence-corrected chi connectivity index (χ1v) is 10.2. The van der Waals surface area contributed by atoms with Crippen molar-refractivity contribution >= 4 is 21.8 Å². The third kappa shape index (κ3) is 5.38. The van der Waals surface area contributed by atoms with E-state index in [4.69, 9.17) is 5.14 Å². The lowest BCUT2D eigenvalue weighted by atomic mass is 10.1. The number of benzene rings is 2. The van der Waals surface area contributed by atoms with Crippen molar-refractivity contribution < 1.29 is 18.0 Å². The van der Waals surface area contributed by atoms with Gasteiger partial charge in [0.05, 0.1) is 4.90 Å². The molecule has 0 aliphatic heterocycles. The van der Waals surface area contributed by atoms with Crippen molar-refractivity contribution in [3.63, 3.8) is 0 Å². The Morgan fingerprint density at radius 1 is 0.926 bits per heavy atom. The molecule has 8 heteroatoms. The van der Waals surface area contributed by atoms with Gasteiger partial charge >= 0.3 is 0 Å². The third-order valence-corrected chi connectivity index (χ3v) is 5.20. The first kappa shape index (κ1) is 19.1. The predicted molar refractivity (Wildman–Crippen MR) is 101 cm³/mol. The standard InChI is InChI=1S/C19H21N3O4S/c20-27(25,26)17-9-1-13(2-10-17)11-12-21-18(23)14-3-5-15(6-4-14)19(24)22-16-7-8-16/h1-6,9-10,16H,7-8,11-12H2,(H,21,23)(H,22,24)(H2,20,25,26). The number of sulfonamides is 1. The van der Waals surface area contributed by atoms with Crippen LogP contribution in [0.25, 0.3) is 0 Å².